The molecule has 0 radical (unpaired) electrons. The summed E-state index contributed by atoms with van der Waals surface area (Å²) in [5, 5.41) is 5.01. The smallest absolute Gasteiger partial charge is 0.252 e. The predicted octanol–water partition coefficient (Wildman–Crippen LogP) is 3.62. The molecule has 2 nitrogen and oxygen atoms in total. The van der Waals surface area contributed by atoms with Crippen LogP contribution in [0.2, 0.25) is 0 Å². The second kappa shape index (κ2) is 6.60. The maximum Gasteiger partial charge on any atom is 0.252 e. The van der Waals surface area contributed by atoms with Gasteiger partial charge in [-0.3, -0.25) is 4.79 Å². The Morgan fingerprint density at radius 1 is 0.864 bits per heavy atom. The zero-order chi connectivity index (χ0) is 15.2. The van der Waals surface area contributed by atoms with Crippen LogP contribution in [-0.2, 0) is 0 Å². The van der Waals surface area contributed by atoms with Crippen molar-refractivity contribution in [1.82, 2.24) is 5.32 Å². The number of hydrogen-bond acceptors (Lipinski definition) is 1. The van der Waals surface area contributed by atoms with Gasteiger partial charge < -0.3 is 5.32 Å². The minimum Gasteiger partial charge on any atom is -0.341 e. The lowest BCUT2D eigenvalue weighted by molar-refractivity contribution is 0.0959. The summed E-state index contributed by atoms with van der Waals surface area (Å²) in [4.78, 5) is 12.1. The first kappa shape index (κ1) is 13.9. The molecule has 0 saturated carbocycles. The van der Waals surface area contributed by atoms with Crippen molar-refractivity contribution < 1.29 is 4.79 Å². The normalized spacial score (nSPS) is 9.82. The minimum absolute atomic E-state index is 0.104. The molecular weight excluding hydrogens is 270 g/mol. The van der Waals surface area contributed by atoms with Crippen molar-refractivity contribution in [1.29, 1.82) is 0 Å². The zero-order valence-electron chi connectivity index (χ0n) is 12.0. The van der Waals surface area contributed by atoms with Crippen LogP contribution in [-0.4, -0.2) is 12.5 Å². The third-order valence-corrected chi connectivity index (χ3v) is 3.36. The lowest BCUT2D eigenvalue weighted by Crippen LogP contribution is -2.23. The largest absolute Gasteiger partial charge is 0.341 e. The first-order valence-electron chi connectivity index (χ1n) is 7.14. The molecule has 0 aliphatic rings. The van der Waals surface area contributed by atoms with Gasteiger partial charge >= 0.3 is 0 Å². The fourth-order valence-corrected chi connectivity index (χ4v) is 2.22. The van der Waals surface area contributed by atoms with E-state index >= 15 is 0 Å². The van der Waals surface area contributed by atoms with Gasteiger partial charge in [0.1, 0.15) is 0 Å². The van der Waals surface area contributed by atoms with E-state index in [4.69, 9.17) is 0 Å². The van der Waals surface area contributed by atoms with Crippen molar-refractivity contribution >= 4 is 16.7 Å². The number of rotatable bonds is 2. The first-order chi connectivity index (χ1) is 10.8. The maximum atomic E-state index is 12.1. The molecule has 0 bridgehead atoms. The molecule has 0 aliphatic heterocycles. The van der Waals surface area contributed by atoms with E-state index in [9.17, 15) is 4.79 Å². The molecule has 0 heterocycles. The van der Waals surface area contributed by atoms with Gasteiger partial charge in [0.05, 0.1) is 6.54 Å². The number of fused-ring (bicyclic) bond motifs is 1. The van der Waals surface area contributed by atoms with Gasteiger partial charge in [0.2, 0.25) is 0 Å². The molecule has 3 aromatic rings. The van der Waals surface area contributed by atoms with Crippen LogP contribution in [0.1, 0.15) is 15.9 Å². The molecule has 106 valence electrons. The Balaban J connectivity index is 1.65. The quantitative estimate of drug-likeness (QED) is 0.716. The van der Waals surface area contributed by atoms with Gasteiger partial charge in [0.15, 0.2) is 0 Å². The summed E-state index contributed by atoms with van der Waals surface area (Å²) in [7, 11) is 0. The second-order valence-corrected chi connectivity index (χ2v) is 4.91. The Kier molecular flexibility index (Phi) is 4.17. The summed E-state index contributed by atoms with van der Waals surface area (Å²) in [6.07, 6.45) is 0. The van der Waals surface area contributed by atoms with Crippen molar-refractivity contribution in [2.75, 3.05) is 6.54 Å². The highest BCUT2D eigenvalue weighted by atomic mass is 16.1. The molecule has 0 atom stereocenters. The third kappa shape index (κ3) is 3.34. The van der Waals surface area contributed by atoms with Gasteiger partial charge in [0.25, 0.3) is 5.91 Å². The Hall–Kier alpha value is -3.05. The topological polar surface area (TPSA) is 29.1 Å². The predicted molar refractivity (Wildman–Crippen MR) is 89.6 cm³/mol. The molecule has 3 rings (SSSR count). The van der Waals surface area contributed by atoms with Crippen LogP contribution in [0.3, 0.4) is 0 Å². The lowest BCUT2D eigenvalue weighted by atomic mass is 10.1. The molecule has 0 saturated heterocycles. The monoisotopic (exact) mass is 285 g/mol. The molecule has 0 unspecified atom stereocenters. The number of nitrogens with one attached hydrogen (secondary N) is 1. The summed E-state index contributed by atoms with van der Waals surface area (Å²) in [6.45, 7) is 0.334. The molecule has 3 aromatic carbocycles. The minimum atomic E-state index is -0.104. The summed E-state index contributed by atoms with van der Waals surface area (Å²) >= 11 is 0. The van der Waals surface area contributed by atoms with Gasteiger partial charge in [-0.2, -0.15) is 0 Å². The fourth-order valence-electron chi connectivity index (χ4n) is 2.22. The highest BCUT2D eigenvalue weighted by molar-refractivity contribution is 5.98. The Bertz CT molecular complexity index is 857. The van der Waals surface area contributed by atoms with E-state index in [1.165, 1.54) is 0 Å². The zero-order valence-corrected chi connectivity index (χ0v) is 12.0. The Morgan fingerprint density at radius 3 is 2.41 bits per heavy atom. The van der Waals surface area contributed by atoms with Crippen LogP contribution in [0.25, 0.3) is 10.8 Å². The SMILES string of the molecule is O=C(NCC#Cc1ccccc1)c1ccc2ccccc2c1. The van der Waals surface area contributed by atoms with Gasteiger partial charge in [0, 0.05) is 11.1 Å². The van der Waals surface area contributed by atoms with E-state index < -0.39 is 0 Å². The highest BCUT2D eigenvalue weighted by Crippen LogP contribution is 2.15. The van der Waals surface area contributed by atoms with Crippen LogP contribution in [0.5, 0.6) is 0 Å². The fraction of sp³-hybridized carbons (Fsp3) is 0.0500. The van der Waals surface area contributed by atoms with E-state index in [1.54, 1.807) is 0 Å². The third-order valence-electron chi connectivity index (χ3n) is 3.36. The molecule has 0 spiro atoms. The van der Waals surface area contributed by atoms with Crippen LogP contribution in [0, 0.1) is 11.8 Å². The van der Waals surface area contributed by atoms with Crippen molar-refractivity contribution in [3.8, 4) is 11.8 Å². The van der Waals surface area contributed by atoms with Crippen molar-refractivity contribution in [3.63, 3.8) is 0 Å². The van der Waals surface area contributed by atoms with Crippen molar-refractivity contribution in [3.05, 3.63) is 83.9 Å². The Morgan fingerprint density at radius 2 is 1.59 bits per heavy atom. The standard InChI is InChI=1S/C20H15NO/c22-20(21-14-6-9-16-7-2-1-3-8-16)19-13-12-17-10-4-5-11-18(17)15-19/h1-5,7-8,10-13,15H,14H2,(H,21,22). The summed E-state index contributed by atoms with van der Waals surface area (Å²) < 4.78 is 0. The number of hydrogen-bond donors (Lipinski definition) is 1. The van der Waals surface area contributed by atoms with Gasteiger partial charge in [-0.05, 0) is 35.0 Å². The van der Waals surface area contributed by atoms with Crippen LogP contribution in [0.15, 0.2) is 72.8 Å². The molecule has 1 amide bonds. The maximum absolute atomic E-state index is 12.1. The summed E-state index contributed by atoms with van der Waals surface area (Å²) in [5.41, 5.74) is 1.60. The number of benzene rings is 3. The van der Waals surface area contributed by atoms with E-state index in [0.29, 0.717) is 12.1 Å². The molecule has 0 fully saturated rings. The van der Waals surface area contributed by atoms with Crippen LogP contribution >= 0.6 is 0 Å². The van der Waals surface area contributed by atoms with Crippen molar-refractivity contribution in [2.45, 2.75) is 0 Å². The number of amides is 1. The van der Waals surface area contributed by atoms with Crippen LogP contribution in [0.4, 0.5) is 0 Å². The number of carbonyl (C=O) groups is 1. The lowest BCUT2D eigenvalue weighted by Gasteiger charge is -2.03. The molecule has 22 heavy (non-hydrogen) atoms. The van der Waals surface area contributed by atoms with E-state index in [0.717, 1.165) is 16.3 Å². The van der Waals surface area contributed by atoms with E-state index in [2.05, 4.69) is 17.2 Å². The first-order valence-corrected chi connectivity index (χ1v) is 7.14. The Labute approximate surface area is 129 Å². The molecule has 0 aromatic heterocycles. The average molecular weight is 285 g/mol. The molecule has 1 N–H and O–H groups in total. The molecule has 2 heteroatoms. The highest BCUT2D eigenvalue weighted by Gasteiger charge is 2.04. The van der Waals surface area contributed by atoms with Gasteiger partial charge in [-0.1, -0.05) is 60.4 Å². The summed E-state index contributed by atoms with van der Waals surface area (Å²) in [6, 6.07) is 23.4. The second-order valence-electron chi connectivity index (χ2n) is 4.91. The van der Waals surface area contributed by atoms with Gasteiger partial charge in [-0.15, -0.1) is 0 Å². The van der Waals surface area contributed by atoms with E-state index in [-0.39, 0.29) is 5.91 Å². The van der Waals surface area contributed by atoms with Crippen molar-refractivity contribution in [2.24, 2.45) is 0 Å². The molecular formula is C20H15NO. The average Bonchev–Trinajstić information content (AvgIpc) is 2.59. The van der Waals surface area contributed by atoms with E-state index in [1.807, 2.05) is 72.8 Å². The summed E-state index contributed by atoms with van der Waals surface area (Å²) in [5.74, 6) is 5.87. The van der Waals surface area contributed by atoms with Crippen LogP contribution < -0.4 is 5.32 Å². The van der Waals surface area contributed by atoms with Gasteiger partial charge in [-0.25, -0.2) is 0 Å². The number of carbonyl (C=O) groups excluding carboxylic acids is 1. The molecule has 0 aliphatic carbocycles.